The number of carbonyl (C=O) groups is 1. The first-order valence-corrected chi connectivity index (χ1v) is 11.2. The predicted octanol–water partition coefficient (Wildman–Crippen LogP) is 6.73. The lowest BCUT2D eigenvalue weighted by molar-refractivity contribution is -0.112. The van der Waals surface area contributed by atoms with Gasteiger partial charge in [-0.1, -0.05) is 41.4 Å². The van der Waals surface area contributed by atoms with Gasteiger partial charge in [-0.25, -0.2) is 0 Å². The van der Waals surface area contributed by atoms with Gasteiger partial charge in [0.05, 0.1) is 17.2 Å². The SMILES string of the molecule is COc1cc(/C=C(\C#N)C(=O)Nc2cccc(I)c2)ccc1OCc1ccc(Cl)c(Cl)c1. The van der Waals surface area contributed by atoms with Gasteiger partial charge >= 0.3 is 0 Å². The highest BCUT2D eigenvalue weighted by molar-refractivity contribution is 14.1. The Hall–Kier alpha value is -2.73. The van der Waals surface area contributed by atoms with E-state index in [0.29, 0.717) is 32.8 Å². The number of benzene rings is 3. The van der Waals surface area contributed by atoms with Crippen LogP contribution >= 0.6 is 45.8 Å². The Kier molecular flexibility index (Phi) is 8.39. The fourth-order valence-electron chi connectivity index (χ4n) is 2.76. The van der Waals surface area contributed by atoms with Gasteiger partial charge in [0.1, 0.15) is 18.2 Å². The normalized spacial score (nSPS) is 10.9. The molecule has 1 amide bonds. The minimum atomic E-state index is -0.492. The topological polar surface area (TPSA) is 71.3 Å². The third kappa shape index (κ3) is 6.39. The van der Waals surface area contributed by atoms with Crippen molar-refractivity contribution < 1.29 is 14.3 Å². The number of carbonyl (C=O) groups excluding carboxylic acids is 1. The van der Waals surface area contributed by atoms with Crippen molar-refractivity contribution in [2.45, 2.75) is 6.61 Å². The number of methoxy groups -OCH3 is 1. The molecule has 0 spiro atoms. The fraction of sp³-hybridized carbons (Fsp3) is 0.0833. The van der Waals surface area contributed by atoms with Crippen molar-refractivity contribution in [1.29, 1.82) is 5.26 Å². The van der Waals surface area contributed by atoms with Gasteiger partial charge in [-0.2, -0.15) is 5.26 Å². The Morgan fingerprint density at radius 2 is 1.91 bits per heavy atom. The van der Waals surface area contributed by atoms with Gasteiger partial charge in [0.25, 0.3) is 5.91 Å². The quantitative estimate of drug-likeness (QED) is 0.192. The van der Waals surface area contributed by atoms with Crippen molar-refractivity contribution in [3.05, 3.63) is 91.0 Å². The van der Waals surface area contributed by atoms with Gasteiger partial charge in [-0.05, 0) is 82.3 Å². The molecule has 0 saturated heterocycles. The first-order chi connectivity index (χ1) is 15.4. The van der Waals surface area contributed by atoms with Crippen molar-refractivity contribution in [3.8, 4) is 17.6 Å². The second kappa shape index (κ2) is 11.2. The number of ether oxygens (including phenoxy) is 2. The molecule has 0 aliphatic carbocycles. The molecule has 0 atom stereocenters. The standard InChI is InChI=1S/C24H17Cl2IN2O3/c1-31-23-11-15(6-8-22(23)32-14-16-5-7-20(25)21(26)10-16)9-17(13-28)24(30)29-19-4-2-3-18(27)12-19/h2-12H,14H2,1H3,(H,29,30)/b17-9+. The van der Waals surface area contributed by atoms with Crippen LogP contribution in [0.2, 0.25) is 10.0 Å². The third-order valence-corrected chi connectivity index (χ3v) is 5.73. The molecule has 0 aliphatic rings. The van der Waals surface area contributed by atoms with Crippen LogP contribution in [0.5, 0.6) is 11.5 Å². The minimum Gasteiger partial charge on any atom is -0.493 e. The number of nitrogens with zero attached hydrogens (tertiary/aromatic N) is 1. The summed E-state index contributed by atoms with van der Waals surface area (Å²) in [6.07, 6.45) is 1.49. The first-order valence-electron chi connectivity index (χ1n) is 9.33. The van der Waals surface area contributed by atoms with Gasteiger partial charge in [0, 0.05) is 9.26 Å². The summed E-state index contributed by atoms with van der Waals surface area (Å²) in [6, 6.07) is 19.7. The van der Waals surface area contributed by atoms with E-state index in [1.807, 2.05) is 30.3 Å². The zero-order valence-corrected chi connectivity index (χ0v) is 20.5. The summed E-state index contributed by atoms with van der Waals surface area (Å²) < 4.78 is 12.2. The molecule has 0 fully saturated rings. The van der Waals surface area contributed by atoms with E-state index in [0.717, 1.165) is 9.13 Å². The van der Waals surface area contributed by atoms with Crippen LogP contribution in [-0.4, -0.2) is 13.0 Å². The summed E-state index contributed by atoms with van der Waals surface area (Å²) >= 11 is 14.1. The second-order valence-electron chi connectivity index (χ2n) is 6.58. The van der Waals surface area contributed by atoms with Crippen molar-refractivity contribution in [2.75, 3.05) is 12.4 Å². The average molecular weight is 579 g/mol. The molecule has 3 rings (SSSR count). The van der Waals surface area contributed by atoms with E-state index < -0.39 is 5.91 Å². The molecule has 0 saturated carbocycles. The van der Waals surface area contributed by atoms with E-state index >= 15 is 0 Å². The summed E-state index contributed by atoms with van der Waals surface area (Å²) in [5.41, 5.74) is 2.06. The molecule has 8 heteroatoms. The second-order valence-corrected chi connectivity index (χ2v) is 8.64. The van der Waals surface area contributed by atoms with Gasteiger partial charge < -0.3 is 14.8 Å². The minimum absolute atomic E-state index is 0.0320. The monoisotopic (exact) mass is 578 g/mol. The van der Waals surface area contributed by atoms with Crippen LogP contribution in [0.25, 0.3) is 6.08 Å². The third-order valence-electron chi connectivity index (χ3n) is 4.32. The number of anilines is 1. The van der Waals surface area contributed by atoms with Crippen molar-refractivity contribution in [3.63, 3.8) is 0 Å². The molecule has 0 aromatic heterocycles. The number of nitriles is 1. The summed E-state index contributed by atoms with van der Waals surface area (Å²) in [7, 11) is 1.52. The van der Waals surface area contributed by atoms with Crippen LogP contribution < -0.4 is 14.8 Å². The molecule has 32 heavy (non-hydrogen) atoms. The van der Waals surface area contributed by atoms with Crippen LogP contribution in [0.4, 0.5) is 5.69 Å². The van der Waals surface area contributed by atoms with E-state index in [1.165, 1.54) is 13.2 Å². The maximum absolute atomic E-state index is 12.5. The molecule has 1 N–H and O–H groups in total. The number of halogens is 3. The number of rotatable bonds is 7. The van der Waals surface area contributed by atoms with E-state index in [-0.39, 0.29) is 12.2 Å². The Labute approximate surface area is 209 Å². The molecule has 3 aromatic rings. The molecule has 5 nitrogen and oxygen atoms in total. The lowest BCUT2D eigenvalue weighted by Gasteiger charge is -2.12. The van der Waals surface area contributed by atoms with Gasteiger partial charge in [-0.15, -0.1) is 0 Å². The molecule has 0 aliphatic heterocycles. The van der Waals surface area contributed by atoms with E-state index in [1.54, 1.807) is 36.4 Å². The van der Waals surface area contributed by atoms with E-state index in [9.17, 15) is 10.1 Å². The Morgan fingerprint density at radius 1 is 1.09 bits per heavy atom. The molecule has 0 unspecified atom stereocenters. The molecule has 3 aromatic carbocycles. The summed E-state index contributed by atoms with van der Waals surface area (Å²) in [5.74, 6) is 0.486. The molecular weight excluding hydrogens is 562 g/mol. The molecule has 162 valence electrons. The zero-order chi connectivity index (χ0) is 23.1. The van der Waals surface area contributed by atoms with Crippen molar-refractivity contribution in [1.82, 2.24) is 0 Å². The highest BCUT2D eigenvalue weighted by Gasteiger charge is 2.12. The van der Waals surface area contributed by atoms with Crippen molar-refractivity contribution >= 4 is 63.5 Å². The Morgan fingerprint density at radius 3 is 2.59 bits per heavy atom. The van der Waals surface area contributed by atoms with E-state index in [4.69, 9.17) is 32.7 Å². The van der Waals surface area contributed by atoms with Gasteiger partial charge in [0.2, 0.25) is 0 Å². The number of hydrogen-bond donors (Lipinski definition) is 1. The lowest BCUT2D eigenvalue weighted by atomic mass is 10.1. The van der Waals surface area contributed by atoms with Crippen LogP contribution in [-0.2, 0) is 11.4 Å². The maximum Gasteiger partial charge on any atom is 0.266 e. The average Bonchev–Trinajstić information content (AvgIpc) is 2.78. The molecule has 0 bridgehead atoms. The van der Waals surface area contributed by atoms with E-state index in [2.05, 4.69) is 27.9 Å². The predicted molar refractivity (Wildman–Crippen MR) is 135 cm³/mol. The number of hydrogen-bond acceptors (Lipinski definition) is 4. The highest BCUT2D eigenvalue weighted by Crippen LogP contribution is 2.30. The summed E-state index contributed by atoms with van der Waals surface area (Å²) in [5, 5.41) is 13.1. The zero-order valence-electron chi connectivity index (χ0n) is 16.9. The molecular formula is C24H17Cl2IN2O3. The van der Waals surface area contributed by atoms with Crippen LogP contribution in [0.1, 0.15) is 11.1 Å². The Balaban J connectivity index is 1.75. The maximum atomic E-state index is 12.5. The fourth-order valence-corrected chi connectivity index (χ4v) is 3.63. The number of nitrogens with one attached hydrogen (secondary N) is 1. The van der Waals surface area contributed by atoms with Crippen LogP contribution in [0.3, 0.4) is 0 Å². The Bertz CT molecular complexity index is 1220. The van der Waals surface area contributed by atoms with Crippen molar-refractivity contribution in [2.24, 2.45) is 0 Å². The number of amides is 1. The van der Waals surface area contributed by atoms with Crippen LogP contribution in [0, 0.1) is 14.9 Å². The lowest BCUT2D eigenvalue weighted by Crippen LogP contribution is -2.13. The first kappa shape index (κ1) is 23.9. The largest absolute Gasteiger partial charge is 0.493 e. The van der Waals surface area contributed by atoms with Crippen LogP contribution in [0.15, 0.2) is 66.2 Å². The summed E-state index contributed by atoms with van der Waals surface area (Å²) in [4.78, 5) is 12.5. The smallest absolute Gasteiger partial charge is 0.266 e. The van der Waals surface area contributed by atoms with Gasteiger partial charge in [-0.3, -0.25) is 4.79 Å². The summed E-state index contributed by atoms with van der Waals surface area (Å²) in [6.45, 7) is 0.268. The highest BCUT2D eigenvalue weighted by atomic mass is 127. The molecule has 0 heterocycles. The molecule has 0 radical (unpaired) electrons. The van der Waals surface area contributed by atoms with Gasteiger partial charge in [0.15, 0.2) is 11.5 Å².